The number of para-hydroxylation sites is 2. The fourth-order valence-corrected chi connectivity index (χ4v) is 12.4. The molecule has 7 aromatic rings. The lowest BCUT2D eigenvalue weighted by molar-refractivity contribution is -0.136. The lowest BCUT2D eigenvalue weighted by atomic mass is 9.73. The number of nitrogens with one attached hydrogen (secondary N) is 4. The minimum atomic E-state index is -0.973. The van der Waals surface area contributed by atoms with Crippen LogP contribution in [0.25, 0.3) is 44.5 Å². The number of aromatic nitrogens is 4. The largest absolute Gasteiger partial charge is 0.413 e. The normalized spacial score (nSPS) is 20.7. The highest BCUT2D eigenvalue weighted by Gasteiger charge is 2.47. The van der Waals surface area contributed by atoms with Gasteiger partial charge in [-0.1, -0.05) is 127 Å². The van der Waals surface area contributed by atoms with Crippen LogP contribution >= 0.6 is 0 Å². The van der Waals surface area contributed by atoms with E-state index in [0.717, 1.165) is 52.1 Å². The monoisotopic (exact) mass is 1030 g/mol. The number of hydrogen-bond acceptors (Lipinski definition) is 8. The molecular formula is C63H68N8O6. The van der Waals surface area contributed by atoms with Crippen molar-refractivity contribution in [3.63, 3.8) is 0 Å². The van der Waals surface area contributed by atoms with E-state index < -0.39 is 24.3 Å². The third kappa shape index (κ3) is 10.2. The van der Waals surface area contributed by atoms with E-state index in [1.165, 1.54) is 35.1 Å². The summed E-state index contributed by atoms with van der Waals surface area (Å²) >= 11 is 0. The second kappa shape index (κ2) is 20.2. The van der Waals surface area contributed by atoms with Gasteiger partial charge in [0.2, 0.25) is 11.8 Å². The molecule has 0 spiro atoms. The summed E-state index contributed by atoms with van der Waals surface area (Å²) in [4.78, 5) is 75.6. The van der Waals surface area contributed by atoms with Crippen LogP contribution in [0.1, 0.15) is 115 Å². The molecule has 14 heteroatoms. The summed E-state index contributed by atoms with van der Waals surface area (Å²) in [6.45, 7) is 19.3. The average Bonchev–Trinajstić information content (AvgIpc) is 4.28. The molecule has 14 nitrogen and oxygen atoms in total. The smallest absolute Gasteiger partial charge is 0.410 e. The minimum Gasteiger partial charge on any atom is -0.410 e. The molecule has 1 saturated carbocycles. The SMILES string of the molecule is C=C(C)[C@H](NC(=O)Oc1ccccc1)C(=O)N1CC(C)(C)C[C@H]1c1ncc(-c2ccc(-c3ccc(-c4ccc5nc([C@@H]6CC(C)(C)CN6C(=O)[C@@H](NC(=O)Oc6ccccc6)C(C)C)[nH]c5c4)c4c3C3CCC3C4)cc2)[nH]1. The molecule has 4 amide bonds. The van der Waals surface area contributed by atoms with Crippen molar-refractivity contribution in [2.45, 2.75) is 111 Å². The molecule has 0 bridgehead atoms. The molecule has 2 saturated heterocycles. The van der Waals surface area contributed by atoms with E-state index in [9.17, 15) is 19.2 Å². The van der Waals surface area contributed by atoms with E-state index in [0.29, 0.717) is 54.2 Å². The third-order valence-corrected chi connectivity index (χ3v) is 16.3. The Bertz CT molecular complexity index is 3400. The number of nitrogens with zero attached hydrogens (tertiary/aromatic N) is 4. The van der Waals surface area contributed by atoms with E-state index in [-0.39, 0.29) is 40.6 Å². The average molecular weight is 1030 g/mol. The highest BCUT2D eigenvalue weighted by molar-refractivity contribution is 5.90. The van der Waals surface area contributed by atoms with E-state index in [4.69, 9.17) is 19.4 Å². The van der Waals surface area contributed by atoms with Crippen LogP contribution in [0.2, 0.25) is 0 Å². The van der Waals surface area contributed by atoms with Crippen LogP contribution in [0, 0.1) is 22.7 Å². The van der Waals surface area contributed by atoms with Crippen LogP contribution in [-0.2, 0) is 16.0 Å². The second-order valence-corrected chi connectivity index (χ2v) is 23.7. The minimum absolute atomic E-state index is 0.156. The molecule has 11 rings (SSSR count). The van der Waals surface area contributed by atoms with Gasteiger partial charge in [0.15, 0.2) is 0 Å². The molecular weight excluding hydrogens is 965 g/mol. The van der Waals surface area contributed by atoms with Gasteiger partial charge in [-0.2, -0.15) is 0 Å². The van der Waals surface area contributed by atoms with Gasteiger partial charge in [0.1, 0.15) is 35.2 Å². The van der Waals surface area contributed by atoms with Crippen LogP contribution < -0.4 is 20.1 Å². The summed E-state index contributed by atoms with van der Waals surface area (Å²) in [5.41, 5.74) is 11.4. The first-order valence-electron chi connectivity index (χ1n) is 27.0. The summed E-state index contributed by atoms with van der Waals surface area (Å²) in [7, 11) is 0. The Morgan fingerprint density at radius 3 is 1.88 bits per heavy atom. The Morgan fingerprint density at radius 2 is 1.27 bits per heavy atom. The van der Waals surface area contributed by atoms with E-state index in [2.05, 4.69) is 109 Å². The van der Waals surface area contributed by atoms with Gasteiger partial charge < -0.3 is 39.9 Å². The Morgan fingerprint density at radius 1 is 0.688 bits per heavy atom. The van der Waals surface area contributed by atoms with Crippen molar-refractivity contribution in [1.29, 1.82) is 0 Å². The van der Waals surface area contributed by atoms with Crippen molar-refractivity contribution in [3.05, 3.63) is 156 Å². The highest BCUT2D eigenvalue weighted by Crippen LogP contribution is 2.56. The number of amides is 4. The van der Waals surface area contributed by atoms with Crippen LogP contribution in [0.3, 0.4) is 0 Å². The molecule has 77 heavy (non-hydrogen) atoms. The lowest BCUT2D eigenvalue weighted by Crippen LogP contribution is -2.52. The third-order valence-electron chi connectivity index (χ3n) is 16.3. The van der Waals surface area contributed by atoms with Gasteiger partial charge in [0.25, 0.3) is 0 Å². The molecule has 4 heterocycles. The number of carbonyl (C=O) groups is 4. The van der Waals surface area contributed by atoms with Crippen molar-refractivity contribution in [2.75, 3.05) is 13.1 Å². The van der Waals surface area contributed by atoms with Gasteiger partial charge in [-0.05, 0) is 149 Å². The first-order chi connectivity index (χ1) is 36.9. The summed E-state index contributed by atoms with van der Waals surface area (Å²) in [5, 5.41) is 5.62. The maximum absolute atomic E-state index is 14.4. The van der Waals surface area contributed by atoms with Gasteiger partial charge in [-0.25, -0.2) is 19.6 Å². The Balaban J connectivity index is 0.814. The Kier molecular flexibility index (Phi) is 13.4. The van der Waals surface area contributed by atoms with Gasteiger partial charge in [0.05, 0.1) is 35.0 Å². The molecule has 2 unspecified atom stereocenters. The van der Waals surface area contributed by atoms with Gasteiger partial charge in [0, 0.05) is 13.1 Å². The van der Waals surface area contributed by atoms with Crippen LogP contribution in [-0.4, -0.2) is 78.9 Å². The van der Waals surface area contributed by atoms with Crippen molar-refractivity contribution in [2.24, 2.45) is 22.7 Å². The second-order valence-electron chi connectivity index (χ2n) is 23.7. The first kappa shape index (κ1) is 51.1. The van der Waals surface area contributed by atoms with Crippen molar-refractivity contribution in [1.82, 2.24) is 40.4 Å². The van der Waals surface area contributed by atoms with Gasteiger partial charge in [-0.15, -0.1) is 0 Å². The number of imidazole rings is 2. The molecule has 0 radical (unpaired) electrons. The Hall–Kier alpha value is -8.00. The number of carbonyl (C=O) groups excluding carboxylic acids is 4. The maximum atomic E-state index is 14.4. The maximum Gasteiger partial charge on any atom is 0.413 e. The van der Waals surface area contributed by atoms with E-state index in [1.807, 2.05) is 42.0 Å². The zero-order chi connectivity index (χ0) is 53.9. The number of fused-ring (bicyclic) bond motifs is 4. The Labute approximate surface area is 450 Å². The molecule has 3 fully saturated rings. The number of H-pyrrole nitrogens is 2. The molecule has 5 aromatic carbocycles. The number of benzene rings is 5. The van der Waals surface area contributed by atoms with E-state index >= 15 is 0 Å². The first-order valence-corrected chi connectivity index (χ1v) is 27.0. The molecule has 4 N–H and O–H groups in total. The zero-order valence-electron chi connectivity index (χ0n) is 45.0. The van der Waals surface area contributed by atoms with Gasteiger partial charge in [-0.3, -0.25) is 9.59 Å². The summed E-state index contributed by atoms with van der Waals surface area (Å²) in [6.07, 6.45) is 5.31. The zero-order valence-corrected chi connectivity index (χ0v) is 45.0. The lowest BCUT2D eigenvalue weighted by Gasteiger charge is -2.31. The molecule has 6 atom stereocenters. The van der Waals surface area contributed by atoms with Crippen LogP contribution in [0.5, 0.6) is 11.5 Å². The molecule has 2 aliphatic carbocycles. The number of hydrogen-bond donors (Lipinski definition) is 4. The fourth-order valence-electron chi connectivity index (χ4n) is 12.4. The summed E-state index contributed by atoms with van der Waals surface area (Å²) < 4.78 is 11.0. The molecule has 2 aliphatic heterocycles. The van der Waals surface area contributed by atoms with E-state index in [1.54, 1.807) is 55.5 Å². The van der Waals surface area contributed by atoms with Crippen LogP contribution in [0.4, 0.5) is 9.59 Å². The number of aromatic amines is 2. The van der Waals surface area contributed by atoms with Gasteiger partial charge >= 0.3 is 12.2 Å². The van der Waals surface area contributed by atoms with Crippen molar-refractivity contribution >= 4 is 35.0 Å². The fraction of sp³-hybridized carbons (Fsp3) is 0.365. The topological polar surface area (TPSA) is 175 Å². The number of rotatable bonds is 13. The van der Waals surface area contributed by atoms with Crippen molar-refractivity contribution < 1.29 is 28.7 Å². The number of ether oxygens (including phenoxy) is 2. The quantitative estimate of drug-likeness (QED) is 0.0826. The molecule has 396 valence electrons. The predicted molar refractivity (Wildman–Crippen MR) is 298 cm³/mol. The molecule has 4 aliphatic rings. The highest BCUT2D eigenvalue weighted by atomic mass is 16.6. The predicted octanol–water partition coefficient (Wildman–Crippen LogP) is 12.5. The van der Waals surface area contributed by atoms with Crippen molar-refractivity contribution in [3.8, 4) is 45.0 Å². The summed E-state index contributed by atoms with van der Waals surface area (Å²) in [6, 6.07) is 35.0. The summed E-state index contributed by atoms with van der Waals surface area (Å²) in [5.74, 6) is 2.78. The number of likely N-dealkylation sites (tertiary alicyclic amines) is 2. The molecule has 2 aromatic heterocycles. The van der Waals surface area contributed by atoms with Crippen LogP contribution in [0.15, 0.2) is 134 Å². The standard InChI is InChI=1S/C63H68N8O6/c1-36(2)54(68-60(74)76-42-15-11-9-12-16-42)58(72)70-34-62(5,6)31-51(70)56-64-33-50(67-56)39-21-19-38(20-22-39)45-27-26-44(47-29-40-23-25-46(40)53(45)47)41-24-28-48-49(30-41)66-57(65-48)52-32-63(7,8)35-71(52)59(73)55(37(3)4)69-61(75)77-43-17-13-10-14-18-43/h9-22,24,26-28,30,33,37,40,46,51-52,54-55H,1,23,25,29,31-32,34-35H2,2-8H3,(H,64,67)(H,65,66)(H,68,74)(H,69,75)/t40?,46?,51-,52-,54-,55-/m0/s1.